The second-order valence-corrected chi connectivity index (χ2v) is 6.78. The van der Waals surface area contributed by atoms with Crippen molar-refractivity contribution in [3.63, 3.8) is 0 Å². The highest BCUT2D eigenvalue weighted by Crippen LogP contribution is 2.20. The molecule has 0 saturated heterocycles. The molecule has 24 heavy (non-hydrogen) atoms. The van der Waals surface area contributed by atoms with E-state index in [9.17, 15) is 8.42 Å². The van der Waals surface area contributed by atoms with Gasteiger partial charge in [-0.25, -0.2) is 8.42 Å². The molecule has 3 aromatic rings. The number of nitrogens with zero attached hydrogens (tertiary/aromatic N) is 3. The molecule has 2 heterocycles. The molecule has 0 amide bonds. The van der Waals surface area contributed by atoms with Crippen LogP contribution in [0.15, 0.2) is 47.4 Å². The minimum Gasteiger partial charge on any atom is -0.339 e. The molecule has 0 aliphatic rings. The smallest absolute Gasteiger partial charge is 0.266 e. The van der Waals surface area contributed by atoms with E-state index in [1.54, 1.807) is 26.0 Å². The van der Waals surface area contributed by atoms with Gasteiger partial charge in [0.25, 0.3) is 10.0 Å². The fraction of sp³-hybridized carbons (Fsp3) is 0.133. The van der Waals surface area contributed by atoms with Crippen LogP contribution in [0.4, 0.5) is 17.3 Å². The molecule has 0 aliphatic carbocycles. The number of H-pyrrole nitrogens is 1. The summed E-state index contributed by atoms with van der Waals surface area (Å²) in [5, 5.41) is 17.5. The van der Waals surface area contributed by atoms with E-state index in [0.717, 1.165) is 5.69 Å². The molecular weight excluding hydrogens is 328 g/mol. The summed E-state index contributed by atoms with van der Waals surface area (Å²) in [4.78, 5) is 0.121. The quantitative estimate of drug-likeness (QED) is 0.655. The molecular formula is C15H16N6O2S. The third kappa shape index (κ3) is 3.35. The molecule has 0 saturated carbocycles. The van der Waals surface area contributed by atoms with E-state index in [-0.39, 0.29) is 10.7 Å². The molecule has 9 heteroatoms. The molecule has 3 rings (SSSR count). The van der Waals surface area contributed by atoms with Gasteiger partial charge >= 0.3 is 0 Å². The number of hydrogen-bond acceptors (Lipinski definition) is 6. The molecule has 2 aromatic heterocycles. The largest absolute Gasteiger partial charge is 0.339 e. The fourth-order valence-electron chi connectivity index (χ4n) is 2.25. The number of para-hydroxylation sites is 1. The van der Waals surface area contributed by atoms with E-state index in [4.69, 9.17) is 0 Å². The molecule has 0 aliphatic heterocycles. The lowest BCUT2D eigenvalue weighted by atomic mass is 10.3. The number of aromatic nitrogens is 4. The molecule has 0 unspecified atom stereocenters. The average molecular weight is 344 g/mol. The van der Waals surface area contributed by atoms with Crippen molar-refractivity contribution in [3.8, 4) is 0 Å². The zero-order chi connectivity index (χ0) is 17.2. The van der Waals surface area contributed by atoms with Crippen LogP contribution in [0.25, 0.3) is 0 Å². The summed E-state index contributed by atoms with van der Waals surface area (Å²) in [5.41, 5.74) is 1.73. The topological polar surface area (TPSA) is 113 Å². The van der Waals surface area contributed by atoms with Gasteiger partial charge in [0.15, 0.2) is 11.6 Å². The molecule has 8 nitrogen and oxygen atoms in total. The molecule has 0 bridgehead atoms. The monoisotopic (exact) mass is 344 g/mol. The highest BCUT2D eigenvalue weighted by Gasteiger charge is 2.22. The number of aromatic amines is 1. The summed E-state index contributed by atoms with van der Waals surface area (Å²) in [5.74, 6) is 0.647. The highest BCUT2D eigenvalue weighted by atomic mass is 32.2. The van der Waals surface area contributed by atoms with E-state index < -0.39 is 10.0 Å². The van der Waals surface area contributed by atoms with Gasteiger partial charge in [-0.15, -0.1) is 10.2 Å². The zero-order valence-corrected chi connectivity index (χ0v) is 13.9. The van der Waals surface area contributed by atoms with Gasteiger partial charge in [-0.3, -0.25) is 9.82 Å². The average Bonchev–Trinajstić information content (AvgIpc) is 2.90. The Morgan fingerprint density at radius 2 is 1.62 bits per heavy atom. The van der Waals surface area contributed by atoms with Crippen molar-refractivity contribution in [3.05, 3.63) is 53.9 Å². The number of sulfonamides is 1. The first-order valence-electron chi connectivity index (χ1n) is 7.16. The number of rotatable bonds is 5. The maximum Gasteiger partial charge on any atom is 0.266 e. The van der Waals surface area contributed by atoms with Crippen molar-refractivity contribution in [1.29, 1.82) is 0 Å². The maximum absolute atomic E-state index is 12.4. The van der Waals surface area contributed by atoms with Gasteiger partial charge in [0.05, 0.1) is 11.4 Å². The summed E-state index contributed by atoms with van der Waals surface area (Å²) in [6.07, 6.45) is 0. The molecule has 3 N–H and O–H groups in total. The maximum atomic E-state index is 12.4. The molecule has 0 fully saturated rings. The predicted octanol–water partition coefficient (Wildman–Crippen LogP) is 2.36. The van der Waals surface area contributed by atoms with Gasteiger partial charge in [0.1, 0.15) is 4.90 Å². The summed E-state index contributed by atoms with van der Waals surface area (Å²) < 4.78 is 27.3. The summed E-state index contributed by atoms with van der Waals surface area (Å²) in [7, 11) is -3.77. The van der Waals surface area contributed by atoms with Crippen LogP contribution in [-0.2, 0) is 10.0 Å². The van der Waals surface area contributed by atoms with Crippen molar-refractivity contribution in [1.82, 2.24) is 20.4 Å². The number of benzene rings is 1. The van der Waals surface area contributed by atoms with Crippen LogP contribution < -0.4 is 10.0 Å². The van der Waals surface area contributed by atoms with Gasteiger partial charge in [-0.1, -0.05) is 18.2 Å². The van der Waals surface area contributed by atoms with Crippen molar-refractivity contribution < 1.29 is 8.42 Å². The molecule has 0 spiro atoms. The Morgan fingerprint density at radius 3 is 2.21 bits per heavy atom. The van der Waals surface area contributed by atoms with Gasteiger partial charge in [-0.2, -0.15) is 5.10 Å². The molecule has 0 radical (unpaired) electrons. The van der Waals surface area contributed by atoms with Gasteiger partial charge in [0.2, 0.25) is 0 Å². The highest BCUT2D eigenvalue weighted by molar-refractivity contribution is 7.92. The van der Waals surface area contributed by atoms with Gasteiger partial charge in [0, 0.05) is 5.69 Å². The van der Waals surface area contributed by atoms with Crippen LogP contribution in [-0.4, -0.2) is 28.8 Å². The lowest BCUT2D eigenvalue weighted by Crippen LogP contribution is -2.16. The first-order valence-corrected chi connectivity index (χ1v) is 8.64. The van der Waals surface area contributed by atoms with E-state index in [0.29, 0.717) is 17.2 Å². The van der Waals surface area contributed by atoms with E-state index in [1.807, 2.05) is 30.3 Å². The van der Waals surface area contributed by atoms with Crippen LogP contribution in [0.5, 0.6) is 0 Å². The second-order valence-electron chi connectivity index (χ2n) is 5.16. The van der Waals surface area contributed by atoms with Crippen molar-refractivity contribution in [2.75, 3.05) is 10.0 Å². The Bertz CT molecular complexity index is 916. The molecule has 124 valence electrons. The Kier molecular flexibility index (Phi) is 4.17. The van der Waals surface area contributed by atoms with Crippen LogP contribution in [0.2, 0.25) is 0 Å². The van der Waals surface area contributed by atoms with Crippen LogP contribution in [0.1, 0.15) is 11.4 Å². The minimum absolute atomic E-state index is 0.121. The second kappa shape index (κ2) is 6.28. The van der Waals surface area contributed by atoms with Crippen LogP contribution in [0.3, 0.4) is 0 Å². The third-order valence-electron chi connectivity index (χ3n) is 3.28. The lowest BCUT2D eigenvalue weighted by Gasteiger charge is -2.08. The Morgan fingerprint density at radius 1 is 0.958 bits per heavy atom. The third-order valence-corrected chi connectivity index (χ3v) is 4.90. The number of nitrogens with one attached hydrogen (secondary N) is 3. The van der Waals surface area contributed by atoms with E-state index in [1.165, 1.54) is 0 Å². The standard InChI is InChI=1S/C15H16N6O2S/c1-10-15(11(2)18-17-10)24(22,23)21-14-9-8-13(19-20-14)16-12-6-4-3-5-7-12/h3-9H,1-2H3,(H,16,19)(H,17,18)(H,20,21). The normalized spacial score (nSPS) is 11.2. The van der Waals surface area contributed by atoms with Gasteiger partial charge in [-0.05, 0) is 38.1 Å². The molecule has 1 aromatic carbocycles. The zero-order valence-electron chi connectivity index (χ0n) is 13.1. The first kappa shape index (κ1) is 15.9. The fourth-order valence-corrected chi connectivity index (χ4v) is 3.62. The Balaban J connectivity index is 1.77. The van der Waals surface area contributed by atoms with Crippen molar-refractivity contribution >= 4 is 27.3 Å². The van der Waals surface area contributed by atoms with E-state index in [2.05, 4.69) is 30.4 Å². The first-order chi connectivity index (χ1) is 11.5. The lowest BCUT2D eigenvalue weighted by molar-refractivity contribution is 0.600. The Hall–Kier alpha value is -2.94. The SMILES string of the molecule is Cc1n[nH]c(C)c1S(=O)(=O)Nc1ccc(Nc2ccccc2)nn1. The minimum atomic E-state index is -3.77. The molecule has 0 atom stereocenters. The van der Waals surface area contributed by atoms with Crippen molar-refractivity contribution in [2.45, 2.75) is 18.7 Å². The number of hydrogen-bond donors (Lipinski definition) is 3. The Labute approximate surface area is 139 Å². The summed E-state index contributed by atoms with van der Waals surface area (Å²) in [6.45, 7) is 3.27. The van der Waals surface area contributed by atoms with Crippen LogP contribution in [0, 0.1) is 13.8 Å². The summed E-state index contributed by atoms with van der Waals surface area (Å²) >= 11 is 0. The number of anilines is 3. The summed E-state index contributed by atoms with van der Waals surface area (Å²) in [6, 6.07) is 12.7. The van der Waals surface area contributed by atoms with Gasteiger partial charge < -0.3 is 5.32 Å². The van der Waals surface area contributed by atoms with Crippen LogP contribution >= 0.6 is 0 Å². The van der Waals surface area contributed by atoms with Crippen molar-refractivity contribution in [2.24, 2.45) is 0 Å². The number of aryl methyl sites for hydroxylation is 2. The predicted molar refractivity (Wildman–Crippen MR) is 90.6 cm³/mol. The van der Waals surface area contributed by atoms with E-state index >= 15 is 0 Å².